The van der Waals surface area contributed by atoms with Crippen LogP contribution in [0.25, 0.3) is 4.85 Å². The lowest BCUT2D eigenvalue weighted by molar-refractivity contribution is -0.163. The number of hydrogen-bond acceptors (Lipinski definition) is 19. The molecule has 4 saturated carbocycles. The first-order valence-electron chi connectivity index (χ1n) is 66.0. The molecule has 4 aliphatic rings. The van der Waals surface area contributed by atoms with E-state index in [0.29, 0.717) is 76.4 Å². The molecular weight excluding hydrogens is 2130 g/mol. The topological polar surface area (TPSA) is 366 Å². The van der Waals surface area contributed by atoms with Crippen LogP contribution in [-0.4, -0.2) is 183 Å². The molecule has 5 N–H and O–H groups in total. The lowest BCUT2D eigenvalue weighted by atomic mass is 9.40. The number of alkyl halides is 4. The van der Waals surface area contributed by atoms with Gasteiger partial charge in [0.15, 0.2) is 5.70 Å². The minimum absolute atomic E-state index is 0. The van der Waals surface area contributed by atoms with Crippen LogP contribution in [0.2, 0.25) is 0 Å². The molecular formula is C112H231B3Br3INO23. The molecule has 0 spiro atoms. The fourth-order valence-electron chi connectivity index (χ4n) is 15.1. The van der Waals surface area contributed by atoms with Gasteiger partial charge in [0.1, 0.15) is 22.8 Å². The number of nitrogens with zero attached hydrogens (tertiary/aromatic N) is 1. The van der Waals surface area contributed by atoms with Gasteiger partial charge in [-0.1, -0.05) is 232 Å². The van der Waals surface area contributed by atoms with E-state index in [4.69, 9.17) is 86.3 Å². The quantitative estimate of drug-likeness (QED) is 0.00718. The molecule has 31 heteroatoms. The highest BCUT2D eigenvalue weighted by atomic mass is 127. The molecule has 5 radical (unpaired) electrons. The maximum atomic E-state index is 12.3. The van der Waals surface area contributed by atoms with Gasteiger partial charge in [0.2, 0.25) is 0 Å². The number of Topliss-reactive ketones (excluding diaryl/α,β-unsaturated/α-hetero) is 2. The molecule has 24 nitrogen and oxygen atoms in total. The third-order valence-electron chi connectivity index (χ3n) is 26.1. The van der Waals surface area contributed by atoms with E-state index in [2.05, 4.69) is 102 Å². The zero-order chi connectivity index (χ0) is 135. The summed E-state index contributed by atoms with van der Waals surface area (Å²) in [5.41, 5.74) is -3.83. The summed E-state index contributed by atoms with van der Waals surface area (Å²) in [6, 6.07) is 0. The Bertz CT molecular complexity index is 3590. The first-order chi connectivity index (χ1) is 78.7. The van der Waals surface area contributed by atoms with Crippen LogP contribution in [0.5, 0.6) is 0 Å². The fourth-order valence-corrected chi connectivity index (χ4v) is 16.8. The summed E-state index contributed by atoms with van der Waals surface area (Å²) in [6.07, 6.45) is 49.5. The normalized spacial score (nSPS) is 15.0. The van der Waals surface area contributed by atoms with Crippen molar-refractivity contribution >= 4 is 164 Å². The van der Waals surface area contributed by atoms with E-state index in [1.54, 1.807) is 34.6 Å². The first kappa shape index (κ1) is 124. The fraction of sp³-hybridized carbons (Fsp3) is 0.866. The molecule has 0 bridgehead atoms. The molecule has 0 aromatic rings. The lowest BCUT2D eigenvalue weighted by Crippen LogP contribution is -2.29. The summed E-state index contributed by atoms with van der Waals surface area (Å²) in [4.78, 5) is 141. The maximum Gasteiger partial charge on any atom is 0.312 e. The highest BCUT2D eigenvalue weighted by Gasteiger charge is 2.53. The number of aliphatic hydroxyl groups is 1. The van der Waals surface area contributed by atoms with Gasteiger partial charge in [-0.05, 0) is 323 Å². The van der Waals surface area contributed by atoms with E-state index >= 15 is 0 Å². The number of carbonyl (C=O) groups excluding carboxylic acids is 8. The summed E-state index contributed by atoms with van der Waals surface area (Å²) in [5, 5.41) is 49.6. The van der Waals surface area contributed by atoms with Crippen LogP contribution < -0.4 is 0 Å². The molecule has 143 heavy (non-hydrogen) atoms. The number of aliphatic hydroxyl groups excluding tert-OH is 1. The van der Waals surface area contributed by atoms with Crippen LogP contribution in [0.4, 0.5) is 0 Å². The van der Waals surface area contributed by atoms with Crippen molar-refractivity contribution in [2.24, 2.45) is 54.7 Å². The smallest absolute Gasteiger partial charge is 0.312 e. The van der Waals surface area contributed by atoms with Crippen LogP contribution in [-0.2, 0) is 86.0 Å². The molecule has 0 aliphatic heterocycles. The van der Waals surface area contributed by atoms with Crippen LogP contribution in [0.15, 0.2) is 12.3 Å². The Morgan fingerprint density at radius 3 is 0.853 bits per heavy atom. The second kappa shape index (κ2) is 82.3. The van der Waals surface area contributed by atoms with Crippen molar-refractivity contribution in [1.29, 1.82) is 0 Å². The van der Waals surface area contributed by atoms with Crippen molar-refractivity contribution in [3.8, 4) is 0 Å². The minimum Gasteiger partial charge on any atom is -0.481 e. The van der Waals surface area contributed by atoms with E-state index in [1.807, 2.05) is 118 Å². The summed E-state index contributed by atoms with van der Waals surface area (Å²) >= 11 is 12.5. The third kappa shape index (κ3) is 79.3. The summed E-state index contributed by atoms with van der Waals surface area (Å²) < 4.78 is 152. The number of ether oxygens (including phenoxy) is 6. The summed E-state index contributed by atoms with van der Waals surface area (Å²) in [6.45, 7) is 53.3. The number of halogens is 4. The van der Waals surface area contributed by atoms with Crippen LogP contribution in [0.1, 0.15) is 540 Å². The molecule has 859 valence electrons. The Hall–Kier alpha value is -4.41. The van der Waals surface area contributed by atoms with E-state index in [1.165, 1.54) is 55.8 Å². The number of ketones is 2. The average molecular weight is 2390 g/mol. The predicted octanol–water partition coefficient (Wildman–Crippen LogP) is 33.4. The molecule has 0 amide bonds. The first-order valence-corrected chi connectivity index (χ1v) is 58.9. The number of allylic oxidation sites excluding steroid dienone is 1. The SMILES string of the molecule is BrCCCCCBr.CC(C)(C)OC(=O)C1(CCCCCI)CC1.CC(C)(CCCCCC(=O)CCCCCC1(C(=O)O)CC1)C(=O)O.CC(C)(CCCCCC(O)CCCCCC1(C(=O)O)CC1)C(=O)O.CCOC(=O)C(C)(C)CCCCCBr.CCOC(=O)C(C)(C)CCCCCC(=O)CCCCCC1(C(=O)OC(C)(C)C)CC1.CCOC(=O)C(C)C.[2HH].[2HH].[2HH].[2HH].[2H][2H].[2H][2H].[2H][2H].[2H][2H].[2H][2H].[2H][2H].[2H][2H].[2H][2H].[2H][2H].[2H][2H].[2H][2H].[2H][2H].[B][B][B].[C-]#[N+]C(=C)CCCCCC(C)(C)C(=O)OCC. The molecule has 4 aliphatic carbocycles. The molecule has 4 rings (SSSR count). The number of carboxylic acids is 4. The number of carbonyl (C=O) groups is 12. The van der Waals surface area contributed by atoms with Gasteiger partial charge in [-0.25, -0.2) is 4.85 Å². The molecule has 0 saturated heterocycles. The molecule has 1 unspecified atom stereocenters. The number of esters is 6. The zero-order valence-corrected chi connectivity index (χ0v) is 100. The van der Waals surface area contributed by atoms with Gasteiger partial charge in [-0.2, -0.15) is 0 Å². The molecule has 4 fully saturated rings. The molecule has 1 atom stereocenters. The minimum atomic E-state index is -0.769. The van der Waals surface area contributed by atoms with Crippen molar-refractivity contribution in [3.63, 3.8) is 0 Å². The number of carboxylic acid groups (broad SMARTS) is 4. The number of hydrogen-bond donors (Lipinski definition) is 5. The van der Waals surface area contributed by atoms with Gasteiger partial charge in [-0.3, -0.25) is 57.5 Å². The Kier molecular flexibility index (Phi) is 71.3. The summed E-state index contributed by atoms with van der Waals surface area (Å²) in [7, 11) is 10.0. The Morgan fingerprint density at radius 2 is 0.622 bits per heavy atom. The van der Waals surface area contributed by atoms with Gasteiger partial charge >= 0.3 is 59.7 Å². The molecule has 0 aromatic heterocycles. The van der Waals surface area contributed by atoms with Gasteiger partial charge in [0.05, 0.1) is 93.8 Å². The van der Waals surface area contributed by atoms with E-state index in [9.17, 15) is 62.6 Å². The molecule has 0 heterocycles. The largest absolute Gasteiger partial charge is 0.481 e. The Morgan fingerprint density at radius 1 is 0.385 bits per heavy atom. The van der Waals surface area contributed by atoms with Gasteiger partial charge in [0.25, 0.3) is 0 Å². The van der Waals surface area contributed by atoms with Gasteiger partial charge in [0, 0.05) is 106 Å². The van der Waals surface area contributed by atoms with Crippen molar-refractivity contribution in [1.82, 2.24) is 0 Å². The van der Waals surface area contributed by atoms with Crippen LogP contribution in [0, 0.1) is 61.2 Å². The van der Waals surface area contributed by atoms with Crippen LogP contribution in [0.3, 0.4) is 0 Å². The number of aliphatic carboxylic acids is 4. The van der Waals surface area contributed by atoms with E-state index < -0.39 is 62.0 Å². The summed E-state index contributed by atoms with van der Waals surface area (Å²) in [5.74, 6) is -2.68. The van der Waals surface area contributed by atoms with Gasteiger partial charge in [-0.15, -0.1) is 0 Å². The second-order valence-corrected chi connectivity index (χ2v) is 48.3. The molecule has 0 aromatic carbocycles. The van der Waals surface area contributed by atoms with Gasteiger partial charge < -0.3 is 54.0 Å². The van der Waals surface area contributed by atoms with Crippen molar-refractivity contribution < 1.29 is 153 Å². The predicted molar refractivity (Wildman–Crippen MR) is 635 cm³/mol. The number of unbranched alkanes of at least 4 members (excludes halogenated alkanes) is 20. The third-order valence-corrected chi connectivity index (χ3v) is 28.5. The van der Waals surface area contributed by atoms with Crippen LogP contribution >= 0.6 is 70.4 Å². The Labute approximate surface area is 953 Å². The van der Waals surface area contributed by atoms with Crippen molar-refractivity contribution in [2.45, 2.75) is 516 Å². The number of rotatable bonds is 70. The highest BCUT2D eigenvalue weighted by molar-refractivity contribution is 14.1. The standard InChI is InChI=1S/C25H44O5.C19H34O5.C19H32O5.C14H23NO2.C13H23IO2.C11H21BrO2.C6H12O2.C5H10Br2.B3.16H2/c1-7-29-21(27)24(5,6)16-12-8-10-14-20(26)15-11-9-13-17-25(18-19-25)22(28)30-23(2,3)4;2*1-18(2,16(21)22)11-7-3-5-9-15(20)10-6-4-8-12-19(13-14-19)17(23)24;1-6-17-13(16)14(3,4)11-9-7-8-10-12(2)15-5;1-12(2,3)16-11(15)13(8-9-13)7-5-4-6-10-14;1-4-14-10(13)11(2,3)8-6-5-7-9-12;1-4-8-6(7)5(2)3;6-4-2-1-3-5-7;1-3-2;;;;;;;;;;;;;;;;/h7-19H2,1-6H3;15,20H,3-14H2,1-2H3,(H,21,22)(H,23,24);3-14H2,1-2H3,(H,21,22)(H,23,24);2,6-11H2,1,3-4H3;4-10H2,1-3H3;4-9H2,1-3H3;5H,4H2,1-3H3;1-5H2;;16*1H/i;;;;;;;;;12*1+1D;4*1+1. The zero-order valence-electron chi connectivity index (χ0n) is 117. The Balaban J connectivity index is -0.0000000783. The average Bonchev–Trinajstić information content (AvgIpc) is 1.62. The van der Waals surface area contributed by atoms with Crippen molar-refractivity contribution in [3.05, 3.63) is 23.7 Å². The highest BCUT2D eigenvalue weighted by Crippen LogP contribution is 2.54. The lowest BCUT2D eigenvalue weighted by Gasteiger charge is -2.23. The van der Waals surface area contributed by atoms with E-state index in [-0.39, 0.29) is 81.2 Å². The second-order valence-electron chi connectivity index (χ2n) is 44.9. The van der Waals surface area contributed by atoms with Crippen molar-refractivity contribution in [2.75, 3.05) is 46.8 Å². The monoisotopic (exact) mass is 2380 g/mol. The van der Waals surface area contributed by atoms with E-state index in [0.717, 1.165) is 280 Å². The maximum absolute atomic E-state index is 12.3.